The van der Waals surface area contributed by atoms with E-state index in [1.54, 1.807) is 16.9 Å². The van der Waals surface area contributed by atoms with Crippen LogP contribution in [0, 0.1) is 11.7 Å². The number of hydrogen-bond donors (Lipinski definition) is 1. The Hall–Kier alpha value is -2.53. The van der Waals surface area contributed by atoms with Crippen molar-refractivity contribution in [1.82, 2.24) is 20.3 Å². The molecule has 0 amide bonds. The lowest BCUT2D eigenvalue weighted by Gasteiger charge is -2.06. The van der Waals surface area contributed by atoms with Gasteiger partial charge in [0, 0.05) is 12.1 Å². The van der Waals surface area contributed by atoms with Crippen LogP contribution < -0.4 is 5.32 Å². The van der Waals surface area contributed by atoms with E-state index in [9.17, 15) is 4.39 Å². The molecule has 1 aromatic heterocycles. The van der Waals surface area contributed by atoms with Crippen LogP contribution >= 0.6 is 0 Å². The molecule has 0 aliphatic heterocycles. The van der Waals surface area contributed by atoms with Gasteiger partial charge in [0.25, 0.3) is 0 Å². The molecule has 0 saturated carbocycles. The summed E-state index contributed by atoms with van der Waals surface area (Å²) in [5.41, 5.74) is 3.85. The summed E-state index contributed by atoms with van der Waals surface area (Å²) in [5.74, 6) is 0.437. The third-order valence-electron chi connectivity index (χ3n) is 4.20. The van der Waals surface area contributed by atoms with Crippen LogP contribution in [0.3, 0.4) is 0 Å². The lowest BCUT2D eigenvalue weighted by atomic mass is 10.1. The van der Waals surface area contributed by atoms with Crippen LogP contribution in [0.2, 0.25) is 0 Å². The molecule has 3 rings (SSSR count). The number of halogens is 1. The molecule has 3 aromatic rings. The molecule has 5 heteroatoms. The molecule has 136 valence electrons. The molecule has 0 fully saturated rings. The summed E-state index contributed by atoms with van der Waals surface area (Å²) >= 11 is 0. The van der Waals surface area contributed by atoms with Gasteiger partial charge in [-0.2, -0.15) is 15.0 Å². The van der Waals surface area contributed by atoms with Crippen molar-refractivity contribution < 1.29 is 4.39 Å². The van der Waals surface area contributed by atoms with E-state index in [1.165, 1.54) is 12.1 Å². The largest absolute Gasteiger partial charge is 0.311 e. The second kappa shape index (κ2) is 8.72. The zero-order valence-corrected chi connectivity index (χ0v) is 15.3. The highest BCUT2D eigenvalue weighted by molar-refractivity contribution is 5.60. The molecule has 1 N–H and O–H groups in total. The predicted molar refractivity (Wildman–Crippen MR) is 102 cm³/mol. The van der Waals surface area contributed by atoms with Gasteiger partial charge < -0.3 is 5.32 Å². The first-order chi connectivity index (χ1) is 12.6. The minimum Gasteiger partial charge on any atom is -0.311 e. The summed E-state index contributed by atoms with van der Waals surface area (Å²) in [7, 11) is 0. The average Bonchev–Trinajstić information content (AvgIpc) is 3.04. The first kappa shape index (κ1) is 18.3. The summed E-state index contributed by atoms with van der Waals surface area (Å²) < 4.78 is 13.1. The Bertz CT molecular complexity index is 810. The van der Waals surface area contributed by atoms with Crippen molar-refractivity contribution in [1.29, 1.82) is 0 Å². The topological polar surface area (TPSA) is 42.7 Å². The highest BCUT2D eigenvalue weighted by Gasteiger charge is 2.13. The minimum atomic E-state index is -0.234. The first-order valence-corrected chi connectivity index (χ1v) is 9.06. The summed E-state index contributed by atoms with van der Waals surface area (Å²) in [6.45, 7) is 6.59. The Morgan fingerprint density at radius 2 is 1.73 bits per heavy atom. The van der Waals surface area contributed by atoms with E-state index in [1.807, 2.05) is 30.3 Å². The fourth-order valence-corrected chi connectivity index (χ4v) is 2.74. The third kappa shape index (κ3) is 4.99. The molecular weight excluding hydrogens is 327 g/mol. The van der Waals surface area contributed by atoms with E-state index in [-0.39, 0.29) is 5.82 Å². The molecule has 0 atom stereocenters. The van der Waals surface area contributed by atoms with Crippen molar-refractivity contribution in [3.63, 3.8) is 0 Å². The first-order valence-electron chi connectivity index (χ1n) is 9.06. The van der Waals surface area contributed by atoms with Gasteiger partial charge in [0.1, 0.15) is 17.2 Å². The van der Waals surface area contributed by atoms with E-state index >= 15 is 0 Å². The van der Waals surface area contributed by atoms with Gasteiger partial charge in [-0.3, -0.25) is 0 Å². The Labute approximate surface area is 154 Å². The van der Waals surface area contributed by atoms with Crippen LogP contribution in [0.4, 0.5) is 4.39 Å². The summed E-state index contributed by atoms with van der Waals surface area (Å²) in [5, 5.41) is 12.8. The van der Waals surface area contributed by atoms with Gasteiger partial charge in [-0.25, -0.2) is 4.39 Å². The van der Waals surface area contributed by atoms with Gasteiger partial charge in [-0.05, 0) is 36.6 Å². The summed E-state index contributed by atoms with van der Waals surface area (Å²) in [4.78, 5) is 1.69. The van der Waals surface area contributed by atoms with Gasteiger partial charge in [0.2, 0.25) is 0 Å². The molecule has 0 bridgehead atoms. The smallest absolute Gasteiger partial charge is 0.123 e. The van der Waals surface area contributed by atoms with Crippen molar-refractivity contribution >= 4 is 0 Å². The number of aromatic nitrogens is 3. The van der Waals surface area contributed by atoms with Crippen molar-refractivity contribution in [3.05, 3.63) is 71.7 Å². The highest BCUT2D eigenvalue weighted by Crippen LogP contribution is 2.20. The van der Waals surface area contributed by atoms with Crippen molar-refractivity contribution in [2.24, 2.45) is 5.92 Å². The van der Waals surface area contributed by atoms with Crippen LogP contribution in [0.1, 0.15) is 31.5 Å². The van der Waals surface area contributed by atoms with Gasteiger partial charge >= 0.3 is 0 Å². The highest BCUT2D eigenvalue weighted by atomic mass is 19.1. The number of nitrogens with one attached hydrogen (secondary N) is 1. The minimum absolute atomic E-state index is 0.234. The second-order valence-corrected chi connectivity index (χ2v) is 6.88. The number of nitrogens with zero attached hydrogens (tertiary/aromatic N) is 3. The maximum Gasteiger partial charge on any atom is 0.123 e. The summed E-state index contributed by atoms with van der Waals surface area (Å²) in [6, 6.07) is 16.6. The fraction of sp³-hybridized carbons (Fsp3) is 0.333. The van der Waals surface area contributed by atoms with E-state index in [0.29, 0.717) is 19.0 Å². The molecule has 0 radical (unpaired) electrons. The van der Waals surface area contributed by atoms with Gasteiger partial charge in [0.15, 0.2) is 0 Å². The van der Waals surface area contributed by atoms with E-state index < -0.39 is 0 Å². The Morgan fingerprint density at radius 1 is 1.00 bits per heavy atom. The molecule has 26 heavy (non-hydrogen) atoms. The lowest BCUT2D eigenvalue weighted by molar-refractivity contribution is 0.529. The van der Waals surface area contributed by atoms with Gasteiger partial charge in [-0.15, -0.1) is 0 Å². The van der Waals surface area contributed by atoms with Gasteiger partial charge in [-0.1, -0.05) is 56.3 Å². The van der Waals surface area contributed by atoms with Crippen LogP contribution in [-0.2, 0) is 13.1 Å². The molecule has 0 saturated heterocycles. The molecule has 0 spiro atoms. The van der Waals surface area contributed by atoms with Crippen molar-refractivity contribution in [2.75, 3.05) is 6.54 Å². The van der Waals surface area contributed by atoms with E-state index in [2.05, 4.69) is 29.4 Å². The molecule has 0 aliphatic carbocycles. The van der Waals surface area contributed by atoms with E-state index in [4.69, 9.17) is 0 Å². The van der Waals surface area contributed by atoms with Crippen molar-refractivity contribution in [2.45, 2.75) is 33.4 Å². The molecule has 0 aliphatic rings. The fourth-order valence-electron chi connectivity index (χ4n) is 2.74. The van der Waals surface area contributed by atoms with Gasteiger partial charge in [0.05, 0.1) is 6.54 Å². The SMILES string of the molecule is CC(C)CCNCc1nn(Cc2ccc(F)cc2)nc1-c1ccccc1. The zero-order valence-electron chi connectivity index (χ0n) is 15.3. The van der Waals surface area contributed by atoms with Crippen LogP contribution in [0.15, 0.2) is 54.6 Å². The molecule has 1 heterocycles. The molecular formula is C21H25FN4. The molecule has 0 unspecified atom stereocenters. The average molecular weight is 352 g/mol. The molecule has 2 aromatic carbocycles. The van der Waals surface area contributed by atoms with Crippen LogP contribution in [0.5, 0.6) is 0 Å². The monoisotopic (exact) mass is 352 g/mol. The number of benzene rings is 2. The van der Waals surface area contributed by atoms with Crippen molar-refractivity contribution in [3.8, 4) is 11.3 Å². The standard InChI is InChI=1S/C21H25FN4/c1-16(2)12-13-23-14-20-21(18-6-4-3-5-7-18)25-26(24-20)15-17-8-10-19(22)11-9-17/h3-11,16,23H,12-15H2,1-2H3. The van der Waals surface area contributed by atoms with Crippen LogP contribution in [-0.4, -0.2) is 21.5 Å². The Balaban J connectivity index is 1.79. The predicted octanol–water partition coefficient (Wildman–Crippen LogP) is 4.27. The van der Waals surface area contributed by atoms with E-state index in [0.717, 1.165) is 35.5 Å². The third-order valence-corrected chi connectivity index (χ3v) is 4.20. The normalized spacial score (nSPS) is 11.2. The number of rotatable bonds is 8. The number of hydrogen-bond acceptors (Lipinski definition) is 3. The summed E-state index contributed by atoms with van der Waals surface area (Å²) in [6.07, 6.45) is 1.13. The maximum absolute atomic E-state index is 13.1. The zero-order chi connectivity index (χ0) is 18.4. The Morgan fingerprint density at radius 3 is 2.42 bits per heavy atom. The molecule has 4 nitrogen and oxygen atoms in total. The quantitative estimate of drug-likeness (QED) is 0.616. The second-order valence-electron chi connectivity index (χ2n) is 6.88. The maximum atomic E-state index is 13.1. The van der Waals surface area contributed by atoms with Crippen LogP contribution in [0.25, 0.3) is 11.3 Å². The lowest BCUT2D eigenvalue weighted by Crippen LogP contribution is -2.17. The Kier molecular flexibility index (Phi) is 6.12.